The highest BCUT2D eigenvalue weighted by Crippen LogP contribution is 2.33. The van der Waals surface area contributed by atoms with Crippen LogP contribution in [0.25, 0.3) is 22.3 Å². The van der Waals surface area contributed by atoms with Crippen molar-refractivity contribution in [3.05, 3.63) is 92.1 Å². The lowest BCUT2D eigenvalue weighted by atomic mass is 10.1. The van der Waals surface area contributed by atoms with Crippen molar-refractivity contribution in [3.63, 3.8) is 0 Å². The Kier molecular flexibility index (Phi) is 7.10. The van der Waals surface area contributed by atoms with Gasteiger partial charge in [0.2, 0.25) is 11.2 Å². The SMILES string of the molecule is COC(=O)c1ccc(NC(=O)COc2c(-c3ccc(Cl)cc3)oc3cc(C)c(Cl)cc3c2=O)cc1. The van der Waals surface area contributed by atoms with E-state index in [-0.39, 0.29) is 16.9 Å². The molecule has 1 aromatic heterocycles. The van der Waals surface area contributed by atoms with E-state index in [9.17, 15) is 14.4 Å². The Morgan fingerprint density at radius 2 is 1.69 bits per heavy atom. The molecule has 0 atom stereocenters. The minimum atomic E-state index is -0.515. The number of ether oxygens (including phenoxy) is 2. The Morgan fingerprint density at radius 3 is 2.34 bits per heavy atom. The fourth-order valence-electron chi connectivity index (χ4n) is 3.36. The highest BCUT2D eigenvalue weighted by atomic mass is 35.5. The fourth-order valence-corrected chi connectivity index (χ4v) is 3.65. The van der Waals surface area contributed by atoms with Crippen molar-refractivity contribution in [3.8, 4) is 17.1 Å². The molecule has 3 aromatic carbocycles. The first-order valence-corrected chi connectivity index (χ1v) is 11.2. The van der Waals surface area contributed by atoms with Crippen molar-refractivity contribution in [2.75, 3.05) is 19.0 Å². The monoisotopic (exact) mass is 511 g/mol. The first-order chi connectivity index (χ1) is 16.8. The van der Waals surface area contributed by atoms with Gasteiger partial charge in [-0.3, -0.25) is 9.59 Å². The molecule has 178 valence electrons. The summed E-state index contributed by atoms with van der Waals surface area (Å²) in [5.41, 5.74) is 1.96. The number of rotatable bonds is 6. The number of benzene rings is 3. The number of anilines is 1. The average Bonchev–Trinajstić information content (AvgIpc) is 2.85. The summed E-state index contributed by atoms with van der Waals surface area (Å²) >= 11 is 12.2. The highest BCUT2D eigenvalue weighted by Gasteiger charge is 2.20. The lowest BCUT2D eigenvalue weighted by molar-refractivity contribution is -0.118. The molecule has 1 amide bonds. The third kappa shape index (κ3) is 5.31. The second kappa shape index (κ2) is 10.2. The number of aryl methyl sites for hydroxylation is 1. The number of hydrogen-bond donors (Lipinski definition) is 1. The molecule has 35 heavy (non-hydrogen) atoms. The lowest BCUT2D eigenvalue weighted by Crippen LogP contribution is -2.22. The Bertz CT molecular complexity index is 1480. The number of methoxy groups -OCH3 is 1. The van der Waals surface area contributed by atoms with Crippen LogP contribution in [0.2, 0.25) is 10.0 Å². The van der Waals surface area contributed by atoms with E-state index in [1.807, 2.05) is 0 Å². The largest absolute Gasteiger partial charge is 0.476 e. The lowest BCUT2D eigenvalue weighted by Gasteiger charge is -2.13. The number of hydrogen-bond acceptors (Lipinski definition) is 6. The van der Waals surface area contributed by atoms with E-state index in [2.05, 4.69) is 10.1 Å². The maximum atomic E-state index is 13.3. The molecule has 1 heterocycles. The van der Waals surface area contributed by atoms with E-state index in [1.165, 1.54) is 25.3 Å². The summed E-state index contributed by atoms with van der Waals surface area (Å²) in [6.07, 6.45) is 0. The van der Waals surface area contributed by atoms with Crippen LogP contribution in [0.5, 0.6) is 5.75 Å². The normalized spacial score (nSPS) is 10.7. The molecular weight excluding hydrogens is 493 g/mol. The van der Waals surface area contributed by atoms with Gasteiger partial charge in [0.15, 0.2) is 12.4 Å². The Labute approximate surface area is 210 Å². The van der Waals surface area contributed by atoms with Crippen LogP contribution in [-0.2, 0) is 9.53 Å². The maximum Gasteiger partial charge on any atom is 0.337 e. The predicted octanol–water partition coefficient (Wildman–Crippen LogP) is 5.88. The number of carbonyl (C=O) groups is 2. The van der Waals surface area contributed by atoms with Crippen LogP contribution in [0.4, 0.5) is 5.69 Å². The molecule has 0 radical (unpaired) electrons. The summed E-state index contributed by atoms with van der Waals surface area (Å²) in [7, 11) is 1.28. The molecule has 9 heteroatoms. The van der Waals surface area contributed by atoms with E-state index in [1.54, 1.807) is 49.4 Å². The van der Waals surface area contributed by atoms with Gasteiger partial charge >= 0.3 is 5.97 Å². The molecule has 4 aromatic rings. The van der Waals surface area contributed by atoms with Gasteiger partial charge in [0.25, 0.3) is 5.91 Å². The predicted molar refractivity (Wildman–Crippen MR) is 135 cm³/mol. The van der Waals surface area contributed by atoms with E-state index in [0.717, 1.165) is 5.56 Å². The summed E-state index contributed by atoms with van der Waals surface area (Å²) in [5, 5.41) is 3.80. The molecule has 0 aliphatic carbocycles. The molecule has 7 nitrogen and oxygen atoms in total. The molecule has 4 rings (SSSR count). The first-order valence-electron chi connectivity index (χ1n) is 10.4. The number of nitrogens with one attached hydrogen (secondary N) is 1. The summed E-state index contributed by atoms with van der Waals surface area (Å²) < 4.78 is 16.4. The molecule has 0 bridgehead atoms. The molecule has 0 fully saturated rings. The fraction of sp³-hybridized carbons (Fsp3) is 0.115. The summed E-state index contributed by atoms with van der Waals surface area (Å²) in [5.74, 6) is -0.967. The number of fused-ring (bicyclic) bond motifs is 1. The topological polar surface area (TPSA) is 94.8 Å². The van der Waals surface area contributed by atoms with Crippen molar-refractivity contribution in [1.82, 2.24) is 0 Å². The minimum Gasteiger partial charge on any atom is -0.476 e. The third-order valence-electron chi connectivity index (χ3n) is 5.17. The van der Waals surface area contributed by atoms with Gasteiger partial charge in [-0.25, -0.2) is 4.79 Å². The molecule has 0 spiro atoms. The average molecular weight is 512 g/mol. The molecule has 1 N–H and O–H groups in total. The van der Waals surface area contributed by atoms with Crippen molar-refractivity contribution in [2.24, 2.45) is 0 Å². The van der Waals surface area contributed by atoms with Gasteiger partial charge in [-0.05, 0) is 73.2 Å². The second-order valence-corrected chi connectivity index (χ2v) is 8.44. The third-order valence-corrected chi connectivity index (χ3v) is 5.83. The molecular formula is C26H19Cl2NO6. The smallest absolute Gasteiger partial charge is 0.337 e. The van der Waals surface area contributed by atoms with E-state index in [4.69, 9.17) is 32.4 Å². The maximum absolute atomic E-state index is 13.3. The van der Waals surface area contributed by atoms with Crippen molar-refractivity contribution in [1.29, 1.82) is 0 Å². The Morgan fingerprint density at radius 1 is 1.00 bits per heavy atom. The second-order valence-electron chi connectivity index (χ2n) is 7.60. The van der Waals surface area contributed by atoms with Gasteiger partial charge in [0.1, 0.15) is 5.58 Å². The summed E-state index contributed by atoms with van der Waals surface area (Å²) in [4.78, 5) is 37.4. The van der Waals surface area contributed by atoms with E-state index in [0.29, 0.717) is 32.4 Å². The zero-order valence-electron chi connectivity index (χ0n) is 18.7. The molecule has 0 saturated carbocycles. The minimum absolute atomic E-state index is 0.129. The number of esters is 1. The molecule has 0 aliphatic rings. The number of carbonyl (C=O) groups excluding carboxylic acids is 2. The van der Waals surface area contributed by atoms with Gasteiger partial charge in [-0.2, -0.15) is 0 Å². The summed E-state index contributed by atoms with van der Waals surface area (Å²) in [6, 6.07) is 16.0. The van der Waals surface area contributed by atoms with E-state index < -0.39 is 23.9 Å². The van der Waals surface area contributed by atoms with Crippen LogP contribution < -0.4 is 15.5 Å². The van der Waals surface area contributed by atoms with E-state index >= 15 is 0 Å². The van der Waals surface area contributed by atoms with Crippen molar-refractivity contribution in [2.45, 2.75) is 6.92 Å². The van der Waals surface area contributed by atoms with Crippen LogP contribution in [0, 0.1) is 6.92 Å². The summed E-state index contributed by atoms with van der Waals surface area (Å²) in [6.45, 7) is 1.34. The van der Waals surface area contributed by atoms with Gasteiger partial charge in [0, 0.05) is 21.3 Å². The van der Waals surface area contributed by atoms with Gasteiger partial charge < -0.3 is 19.2 Å². The Hall–Kier alpha value is -3.81. The highest BCUT2D eigenvalue weighted by molar-refractivity contribution is 6.32. The molecule has 0 saturated heterocycles. The van der Waals surface area contributed by atoms with Gasteiger partial charge in [-0.1, -0.05) is 23.2 Å². The Balaban J connectivity index is 1.63. The van der Waals surface area contributed by atoms with Gasteiger partial charge in [0.05, 0.1) is 18.1 Å². The number of amides is 1. The molecule has 0 aliphatic heterocycles. The quantitative estimate of drug-likeness (QED) is 0.325. The zero-order chi connectivity index (χ0) is 25.1. The van der Waals surface area contributed by atoms with Crippen LogP contribution >= 0.6 is 23.2 Å². The number of halogens is 2. The molecule has 0 unspecified atom stereocenters. The van der Waals surface area contributed by atoms with Crippen LogP contribution in [0.15, 0.2) is 69.9 Å². The first kappa shape index (κ1) is 24.3. The standard InChI is InChI=1S/C26H19Cl2NO6/c1-14-11-21-19(12-20(14)28)23(31)25(24(35-21)15-3-7-17(27)8-4-15)34-13-22(30)29-18-9-5-16(6-10-18)26(32)33-2/h3-12H,13H2,1-2H3,(H,29,30). The van der Waals surface area contributed by atoms with Crippen LogP contribution in [0.1, 0.15) is 15.9 Å². The van der Waals surface area contributed by atoms with Gasteiger partial charge in [-0.15, -0.1) is 0 Å². The van der Waals surface area contributed by atoms with Crippen LogP contribution in [0.3, 0.4) is 0 Å². The van der Waals surface area contributed by atoms with Crippen molar-refractivity contribution < 1.29 is 23.5 Å². The van der Waals surface area contributed by atoms with Crippen molar-refractivity contribution >= 4 is 51.7 Å². The van der Waals surface area contributed by atoms with Crippen LogP contribution in [-0.4, -0.2) is 25.6 Å². The zero-order valence-corrected chi connectivity index (χ0v) is 20.2.